The zero-order chi connectivity index (χ0) is 12.3. The Morgan fingerprint density at radius 1 is 1.47 bits per heavy atom. The summed E-state index contributed by atoms with van der Waals surface area (Å²) >= 11 is 1.72. The number of hydrogen-bond acceptors (Lipinski definition) is 4. The summed E-state index contributed by atoms with van der Waals surface area (Å²) in [6.07, 6.45) is 4.57. The zero-order valence-electron chi connectivity index (χ0n) is 9.48. The summed E-state index contributed by atoms with van der Waals surface area (Å²) in [5.41, 5.74) is 1.83. The summed E-state index contributed by atoms with van der Waals surface area (Å²) in [6.45, 7) is 0. The summed E-state index contributed by atoms with van der Waals surface area (Å²) < 4.78 is 0. The minimum Gasteiger partial charge on any atom is -0.481 e. The Balaban J connectivity index is 2.06. The van der Waals surface area contributed by atoms with Gasteiger partial charge in [-0.15, -0.1) is 11.3 Å². The van der Waals surface area contributed by atoms with Gasteiger partial charge < -0.3 is 10.3 Å². The van der Waals surface area contributed by atoms with Crippen molar-refractivity contribution in [3.63, 3.8) is 0 Å². The first-order valence-electron chi connectivity index (χ1n) is 5.75. The Bertz CT molecular complexity index is 451. The van der Waals surface area contributed by atoms with Gasteiger partial charge in [-0.2, -0.15) is 0 Å². The van der Waals surface area contributed by atoms with Crippen LogP contribution in [0.4, 0.5) is 0 Å². The molecule has 5 heteroatoms. The van der Waals surface area contributed by atoms with Gasteiger partial charge in [0.25, 0.3) is 0 Å². The second kappa shape index (κ2) is 5.31. The number of thiophene rings is 1. The number of aryl methyl sites for hydroxylation is 2. The topological polar surface area (TPSA) is 69.9 Å². The molecule has 0 aromatic carbocycles. The van der Waals surface area contributed by atoms with Crippen LogP contribution in [0, 0.1) is 0 Å². The normalized spacial score (nSPS) is 17.1. The van der Waals surface area contributed by atoms with Crippen molar-refractivity contribution in [2.45, 2.75) is 38.5 Å². The van der Waals surface area contributed by atoms with Crippen LogP contribution in [0.3, 0.4) is 0 Å². The molecule has 0 saturated heterocycles. The molecule has 0 aliphatic heterocycles. The first-order valence-corrected chi connectivity index (χ1v) is 6.57. The lowest BCUT2D eigenvalue weighted by Gasteiger charge is -2.10. The maximum atomic E-state index is 10.4. The van der Waals surface area contributed by atoms with Crippen molar-refractivity contribution in [3.8, 4) is 0 Å². The molecule has 0 spiro atoms. The number of carbonyl (C=O) groups is 1. The molecule has 1 aliphatic rings. The molecule has 0 bridgehead atoms. The number of carboxylic acid groups (broad SMARTS) is 1. The lowest BCUT2D eigenvalue weighted by Crippen LogP contribution is -2.08. The fourth-order valence-corrected chi connectivity index (χ4v) is 3.38. The van der Waals surface area contributed by atoms with Crippen LogP contribution in [0.5, 0.6) is 0 Å². The van der Waals surface area contributed by atoms with E-state index in [0.29, 0.717) is 6.42 Å². The number of rotatable bonds is 4. The minimum absolute atomic E-state index is 0.212. The third-order valence-electron chi connectivity index (χ3n) is 2.92. The maximum absolute atomic E-state index is 10.4. The molecule has 0 unspecified atom stereocenters. The van der Waals surface area contributed by atoms with Gasteiger partial charge in [0.05, 0.1) is 5.71 Å². The smallest absolute Gasteiger partial charge is 0.303 e. The first-order chi connectivity index (χ1) is 8.20. The molecule has 17 heavy (non-hydrogen) atoms. The summed E-state index contributed by atoms with van der Waals surface area (Å²) in [5.74, 6) is -0.746. The Hall–Kier alpha value is -1.36. The van der Waals surface area contributed by atoms with Gasteiger partial charge >= 0.3 is 5.97 Å². The number of aliphatic carboxylic acids is 1. The van der Waals surface area contributed by atoms with Crippen LogP contribution >= 0.6 is 11.3 Å². The maximum Gasteiger partial charge on any atom is 0.303 e. The van der Waals surface area contributed by atoms with Crippen LogP contribution in [0.1, 0.15) is 41.0 Å². The van der Waals surface area contributed by atoms with E-state index < -0.39 is 5.97 Å². The lowest BCUT2D eigenvalue weighted by molar-refractivity contribution is -0.137. The molecule has 1 aliphatic carbocycles. The molecule has 0 saturated carbocycles. The van der Waals surface area contributed by atoms with Crippen LogP contribution in [-0.2, 0) is 17.6 Å². The summed E-state index contributed by atoms with van der Waals surface area (Å²) in [6, 6.07) is 2.05. The third-order valence-corrected chi connectivity index (χ3v) is 4.18. The highest BCUT2D eigenvalue weighted by atomic mass is 32.1. The van der Waals surface area contributed by atoms with Crippen LogP contribution in [0.25, 0.3) is 0 Å². The van der Waals surface area contributed by atoms with Gasteiger partial charge in [-0.25, -0.2) is 0 Å². The highest BCUT2D eigenvalue weighted by Crippen LogP contribution is 2.30. The first kappa shape index (κ1) is 12.1. The fraction of sp³-hybridized carbons (Fsp3) is 0.500. The number of carboxylic acids is 1. The Morgan fingerprint density at radius 3 is 3.00 bits per heavy atom. The van der Waals surface area contributed by atoms with Gasteiger partial charge in [0.1, 0.15) is 0 Å². The van der Waals surface area contributed by atoms with Crippen molar-refractivity contribution in [1.29, 1.82) is 0 Å². The number of nitrogens with zero attached hydrogens (tertiary/aromatic N) is 1. The molecule has 0 amide bonds. The molecule has 4 nitrogen and oxygen atoms in total. The van der Waals surface area contributed by atoms with Gasteiger partial charge in [-0.1, -0.05) is 5.16 Å². The molecule has 0 radical (unpaired) electrons. The van der Waals surface area contributed by atoms with E-state index in [1.807, 2.05) is 0 Å². The van der Waals surface area contributed by atoms with Crippen molar-refractivity contribution in [2.75, 3.05) is 0 Å². The quantitative estimate of drug-likeness (QED) is 0.640. The van der Waals surface area contributed by atoms with E-state index in [-0.39, 0.29) is 6.42 Å². The highest BCUT2D eigenvalue weighted by molar-refractivity contribution is 7.12. The molecule has 2 rings (SSSR count). The second-order valence-corrected chi connectivity index (χ2v) is 5.42. The molecular formula is C12H15NO3S. The van der Waals surface area contributed by atoms with Gasteiger partial charge in [0.2, 0.25) is 0 Å². The number of hydrogen-bond donors (Lipinski definition) is 2. The van der Waals surface area contributed by atoms with Gasteiger partial charge in [0.15, 0.2) is 0 Å². The van der Waals surface area contributed by atoms with Gasteiger partial charge in [0, 0.05) is 21.7 Å². The van der Waals surface area contributed by atoms with E-state index in [4.69, 9.17) is 10.3 Å². The van der Waals surface area contributed by atoms with Crippen molar-refractivity contribution in [1.82, 2.24) is 0 Å². The van der Waals surface area contributed by atoms with Crippen molar-refractivity contribution in [3.05, 3.63) is 21.4 Å². The zero-order valence-corrected chi connectivity index (χ0v) is 10.3. The third kappa shape index (κ3) is 2.85. The molecule has 92 valence electrons. The molecular weight excluding hydrogens is 238 g/mol. The Kier molecular flexibility index (Phi) is 3.78. The van der Waals surface area contributed by atoms with Crippen molar-refractivity contribution in [2.24, 2.45) is 5.16 Å². The second-order valence-electron chi connectivity index (χ2n) is 4.20. The van der Waals surface area contributed by atoms with E-state index in [9.17, 15) is 4.79 Å². The summed E-state index contributed by atoms with van der Waals surface area (Å²) in [5, 5.41) is 20.8. The van der Waals surface area contributed by atoms with E-state index in [2.05, 4.69) is 11.2 Å². The standard InChI is InChI=1S/C12H15NO3S/c14-12(15)6-1-3-8-7-9-10(13-16)4-2-5-11(9)17-8/h7,16H,1-6H2,(H,14,15). The summed E-state index contributed by atoms with van der Waals surface area (Å²) in [4.78, 5) is 12.9. The number of oxime groups is 1. The van der Waals surface area contributed by atoms with Crippen molar-refractivity contribution >= 4 is 23.0 Å². The van der Waals surface area contributed by atoms with Crippen LogP contribution < -0.4 is 0 Å². The monoisotopic (exact) mass is 253 g/mol. The van der Waals surface area contributed by atoms with Crippen LogP contribution in [0.2, 0.25) is 0 Å². The van der Waals surface area contributed by atoms with Crippen LogP contribution in [-0.4, -0.2) is 22.0 Å². The molecule has 2 N–H and O–H groups in total. The SMILES string of the molecule is O=C(O)CCCc1cc2c(s1)CCCC2=NO. The van der Waals surface area contributed by atoms with Gasteiger partial charge in [-0.05, 0) is 38.2 Å². The van der Waals surface area contributed by atoms with Gasteiger partial charge in [-0.3, -0.25) is 4.79 Å². The molecule has 1 aromatic heterocycles. The Morgan fingerprint density at radius 2 is 2.29 bits per heavy atom. The average molecular weight is 253 g/mol. The predicted octanol–water partition coefficient (Wildman–Crippen LogP) is 2.67. The van der Waals surface area contributed by atoms with E-state index in [1.165, 1.54) is 9.75 Å². The highest BCUT2D eigenvalue weighted by Gasteiger charge is 2.19. The van der Waals surface area contributed by atoms with Crippen molar-refractivity contribution < 1.29 is 15.1 Å². The van der Waals surface area contributed by atoms with E-state index in [0.717, 1.165) is 37.0 Å². The summed E-state index contributed by atoms with van der Waals surface area (Å²) in [7, 11) is 0. The van der Waals surface area contributed by atoms with Crippen LogP contribution in [0.15, 0.2) is 11.2 Å². The molecule has 1 aromatic rings. The predicted molar refractivity (Wildman–Crippen MR) is 66.2 cm³/mol. The van der Waals surface area contributed by atoms with E-state index in [1.54, 1.807) is 11.3 Å². The lowest BCUT2D eigenvalue weighted by atomic mass is 9.97. The molecule has 0 atom stereocenters. The molecule has 1 heterocycles. The largest absolute Gasteiger partial charge is 0.481 e. The Labute approximate surface area is 104 Å². The molecule has 0 fully saturated rings. The minimum atomic E-state index is -0.746. The van der Waals surface area contributed by atoms with E-state index >= 15 is 0 Å². The average Bonchev–Trinajstić information content (AvgIpc) is 2.70. The fourth-order valence-electron chi connectivity index (χ4n) is 2.11. The number of fused-ring (bicyclic) bond motifs is 1.